The quantitative estimate of drug-likeness (QED) is 0.621. The third-order valence-corrected chi connectivity index (χ3v) is 5.86. The van der Waals surface area contributed by atoms with Crippen molar-refractivity contribution in [3.63, 3.8) is 0 Å². The molecule has 0 aromatic heterocycles. The van der Waals surface area contributed by atoms with E-state index in [0.29, 0.717) is 43.1 Å². The van der Waals surface area contributed by atoms with E-state index in [4.69, 9.17) is 11.6 Å². The number of benzene rings is 2. The Morgan fingerprint density at radius 2 is 1.72 bits per heavy atom. The fourth-order valence-electron chi connectivity index (χ4n) is 3.78. The fraction of sp³-hybridized carbons (Fsp3) is 0.375. The summed E-state index contributed by atoms with van der Waals surface area (Å²) in [6.45, 7) is 4.47. The van der Waals surface area contributed by atoms with Crippen molar-refractivity contribution in [2.24, 2.45) is 0 Å². The highest BCUT2D eigenvalue weighted by Gasteiger charge is 2.27. The third-order valence-electron chi connectivity index (χ3n) is 5.60. The van der Waals surface area contributed by atoms with E-state index >= 15 is 0 Å². The zero-order valence-electron chi connectivity index (χ0n) is 18.4. The number of hydrogen-bond acceptors (Lipinski definition) is 3. The van der Waals surface area contributed by atoms with E-state index in [1.54, 1.807) is 29.2 Å². The number of carbonyl (C=O) groups excluding carboxylic acids is 3. The number of urea groups is 1. The lowest BCUT2D eigenvalue weighted by Crippen LogP contribution is -2.53. The van der Waals surface area contributed by atoms with Crippen LogP contribution in [0.5, 0.6) is 0 Å². The number of likely N-dealkylation sites (tertiary alicyclic amines) is 1. The average molecular weight is 457 g/mol. The van der Waals surface area contributed by atoms with E-state index in [1.807, 2.05) is 31.2 Å². The second-order valence-corrected chi connectivity index (χ2v) is 8.53. The molecule has 1 heterocycles. The summed E-state index contributed by atoms with van der Waals surface area (Å²) in [5, 5.41) is 9.29. The van der Waals surface area contributed by atoms with Crippen molar-refractivity contribution in [2.75, 3.05) is 18.4 Å². The van der Waals surface area contributed by atoms with Crippen molar-refractivity contribution in [3.05, 3.63) is 64.7 Å². The van der Waals surface area contributed by atoms with Gasteiger partial charge in [-0.15, -0.1) is 0 Å². The van der Waals surface area contributed by atoms with Crippen LogP contribution in [0, 0.1) is 6.92 Å². The van der Waals surface area contributed by atoms with Gasteiger partial charge in [-0.2, -0.15) is 0 Å². The molecule has 1 aliphatic rings. The Kier molecular flexibility index (Phi) is 8.11. The van der Waals surface area contributed by atoms with E-state index in [1.165, 1.54) is 6.92 Å². The molecule has 1 saturated heterocycles. The lowest BCUT2D eigenvalue weighted by atomic mass is 9.99. The molecule has 1 unspecified atom stereocenters. The van der Waals surface area contributed by atoms with Crippen LogP contribution in [0.4, 0.5) is 10.5 Å². The SMILES string of the molecule is CC(=O)NC(Cc1ccccc1C)C(=O)NC1CCN(C(=O)Nc2ccc(Cl)cc2)CC1. The zero-order chi connectivity index (χ0) is 23.1. The van der Waals surface area contributed by atoms with Crippen LogP contribution in [0.15, 0.2) is 48.5 Å². The largest absolute Gasteiger partial charge is 0.351 e. The Morgan fingerprint density at radius 3 is 2.34 bits per heavy atom. The Hall–Kier alpha value is -3.06. The normalized spacial score (nSPS) is 15.0. The molecule has 8 heteroatoms. The molecule has 0 saturated carbocycles. The number of piperidine rings is 1. The van der Waals surface area contributed by atoms with Crippen LogP contribution in [0.2, 0.25) is 5.02 Å². The number of rotatable bonds is 6. The number of hydrogen-bond donors (Lipinski definition) is 3. The van der Waals surface area contributed by atoms with Gasteiger partial charge in [0.15, 0.2) is 0 Å². The second-order valence-electron chi connectivity index (χ2n) is 8.09. The number of aryl methyl sites for hydroxylation is 1. The van der Waals surface area contributed by atoms with Crippen LogP contribution in [0.25, 0.3) is 0 Å². The second kappa shape index (κ2) is 11.0. The minimum Gasteiger partial charge on any atom is -0.351 e. The standard InChI is InChI=1S/C24H29ClN4O3/c1-16-5-3-4-6-18(16)15-22(26-17(2)30)23(31)27-21-11-13-29(14-12-21)24(32)28-20-9-7-19(25)8-10-20/h3-10,21-22H,11-15H2,1-2H3,(H,26,30)(H,27,31)(H,28,32). The Bertz CT molecular complexity index is 956. The molecule has 1 aliphatic heterocycles. The molecule has 0 radical (unpaired) electrons. The molecule has 1 fully saturated rings. The van der Waals surface area contributed by atoms with Crippen molar-refractivity contribution in [2.45, 2.75) is 45.2 Å². The lowest BCUT2D eigenvalue weighted by Gasteiger charge is -2.33. The summed E-state index contributed by atoms with van der Waals surface area (Å²) >= 11 is 5.88. The van der Waals surface area contributed by atoms with Gasteiger partial charge in [-0.3, -0.25) is 9.59 Å². The summed E-state index contributed by atoms with van der Waals surface area (Å²) in [5.74, 6) is -0.444. The first-order valence-electron chi connectivity index (χ1n) is 10.8. The highest BCUT2D eigenvalue weighted by Crippen LogP contribution is 2.17. The Labute approximate surface area is 193 Å². The molecule has 2 aromatic carbocycles. The summed E-state index contributed by atoms with van der Waals surface area (Å²) < 4.78 is 0. The first-order valence-corrected chi connectivity index (χ1v) is 11.1. The molecule has 170 valence electrons. The smallest absolute Gasteiger partial charge is 0.321 e. The van der Waals surface area contributed by atoms with E-state index in [9.17, 15) is 14.4 Å². The maximum Gasteiger partial charge on any atom is 0.321 e. The van der Waals surface area contributed by atoms with Gasteiger partial charge in [-0.25, -0.2) is 4.79 Å². The van der Waals surface area contributed by atoms with Gasteiger partial charge in [0.1, 0.15) is 6.04 Å². The molecule has 2 aromatic rings. The van der Waals surface area contributed by atoms with E-state index in [-0.39, 0.29) is 23.9 Å². The molecule has 4 amide bonds. The van der Waals surface area contributed by atoms with Crippen LogP contribution in [0.3, 0.4) is 0 Å². The first kappa shape index (κ1) is 23.6. The minimum absolute atomic E-state index is 0.0461. The highest BCUT2D eigenvalue weighted by molar-refractivity contribution is 6.30. The van der Waals surface area contributed by atoms with Gasteiger partial charge >= 0.3 is 6.03 Å². The minimum atomic E-state index is -0.639. The van der Waals surface area contributed by atoms with Crippen LogP contribution >= 0.6 is 11.6 Å². The zero-order valence-corrected chi connectivity index (χ0v) is 19.1. The average Bonchev–Trinajstić information content (AvgIpc) is 2.76. The molecule has 32 heavy (non-hydrogen) atoms. The van der Waals surface area contributed by atoms with E-state index in [0.717, 1.165) is 11.1 Å². The topological polar surface area (TPSA) is 90.5 Å². The van der Waals surface area contributed by atoms with Gasteiger partial charge in [0.2, 0.25) is 11.8 Å². The summed E-state index contributed by atoms with van der Waals surface area (Å²) in [6, 6.07) is 13.9. The molecule has 3 rings (SSSR count). The van der Waals surface area contributed by atoms with Gasteiger partial charge in [0, 0.05) is 43.2 Å². The van der Waals surface area contributed by atoms with Gasteiger partial charge in [0.25, 0.3) is 0 Å². The Balaban J connectivity index is 1.52. The maximum absolute atomic E-state index is 12.9. The van der Waals surface area contributed by atoms with Crippen LogP contribution in [0.1, 0.15) is 30.9 Å². The summed E-state index contributed by atoms with van der Waals surface area (Å²) in [4.78, 5) is 38.8. The summed E-state index contributed by atoms with van der Waals surface area (Å²) in [6.07, 6.45) is 1.73. The van der Waals surface area contributed by atoms with Crippen molar-refractivity contribution in [1.82, 2.24) is 15.5 Å². The number of anilines is 1. The first-order chi connectivity index (χ1) is 15.3. The number of amides is 4. The summed E-state index contributed by atoms with van der Waals surface area (Å²) in [7, 11) is 0. The molecular weight excluding hydrogens is 428 g/mol. The van der Waals surface area contributed by atoms with Gasteiger partial charge in [0.05, 0.1) is 0 Å². The lowest BCUT2D eigenvalue weighted by molar-refractivity contribution is -0.128. The van der Waals surface area contributed by atoms with Crippen molar-refractivity contribution < 1.29 is 14.4 Å². The highest BCUT2D eigenvalue weighted by atomic mass is 35.5. The van der Waals surface area contributed by atoms with Crippen LogP contribution in [-0.4, -0.2) is 47.9 Å². The van der Waals surface area contributed by atoms with Crippen molar-refractivity contribution >= 4 is 35.1 Å². The van der Waals surface area contributed by atoms with Crippen LogP contribution in [-0.2, 0) is 16.0 Å². The monoisotopic (exact) mass is 456 g/mol. The van der Waals surface area contributed by atoms with Crippen LogP contribution < -0.4 is 16.0 Å². The fourth-order valence-corrected chi connectivity index (χ4v) is 3.90. The van der Waals surface area contributed by atoms with Gasteiger partial charge in [-0.05, 0) is 55.2 Å². The van der Waals surface area contributed by atoms with Gasteiger partial charge in [-0.1, -0.05) is 35.9 Å². The predicted molar refractivity (Wildman–Crippen MR) is 126 cm³/mol. The molecule has 1 atom stereocenters. The van der Waals surface area contributed by atoms with Crippen molar-refractivity contribution in [1.29, 1.82) is 0 Å². The molecule has 0 aliphatic carbocycles. The molecule has 0 spiro atoms. The van der Waals surface area contributed by atoms with E-state index in [2.05, 4.69) is 16.0 Å². The molecule has 0 bridgehead atoms. The molecule has 3 N–H and O–H groups in total. The molecule has 7 nitrogen and oxygen atoms in total. The van der Waals surface area contributed by atoms with E-state index < -0.39 is 6.04 Å². The third kappa shape index (κ3) is 6.72. The number of halogens is 1. The van der Waals surface area contributed by atoms with Gasteiger partial charge < -0.3 is 20.9 Å². The number of nitrogens with zero attached hydrogens (tertiary/aromatic N) is 1. The summed E-state index contributed by atoms with van der Waals surface area (Å²) in [5.41, 5.74) is 2.79. The number of nitrogens with one attached hydrogen (secondary N) is 3. The number of carbonyl (C=O) groups is 3. The van der Waals surface area contributed by atoms with Crippen molar-refractivity contribution in [3.8, 4) is 0 Å². The molecular formula is C24H29ClN4O3. The maximum atomic E-state index is 12.9. The predicted octanol–water partition coefficient (Wildman–Crippen LogP) is 3.51. The Morgan fingerprint density at radius 1 is 1.06 bits per heavy atom.